The zero-order chi connectivity index (χ0) is 18.3. The smallest absolute Gasteiger partial charge is 0.223 e. The fourth-order valence-corrected chi connectivity index (χ4v) is 3.35. The van der Waals surface area contributed by atoms with E-state index in [-0.39, 0.29) is 5.60 Å². The molecule has 0 saturated carbocycles. The van der Waals surface area contributed by atoms with Crippen molar-refractivity contribution in [1.82, 2.24) is 19.7 Å². The third-order valence-corrected chi connectivity index (χ3v) is 4.61. The molecule has 26 heavy (non-hydrogen) atoms. The highest BCUT2D eigenvalue weighted by Gasteiger charge is 2.29. The third kappa shape index (κ3) is 3.14. The van der Waals surface area contributed by atoms with E-state index in [4.69, 9.17) is 4.74 Å². The maximum Gasteiger partial charge on any atom is 0.223 e. The molecule has 1 aromatic carbocycles. The lowest BCUT2D eigenvalue weighted by Crippen LogP contribution is -2.24. The molecule has 0 unspecified atom stereocenters. The van der Waals surface area contributed by atoms with Crippen LogP contribution in [0.1, 0.15) is 30.5 Å². The van der Waals surface area contributed by atoms with Gasteiger partial charge < -0.3 is 10.1 Å². The van der Waals surface area contributed by atoms with Gasteiger partial charge in [-0.15, -0.1) is 0 Å². The molecule has 1 N–H and O–H groups in total. The Labute approximate surface area is 153 Å². The van der Waals surface area contributed by atoms with E-state index < -0.39 is 0 Å². The number of aryl methyl sites for hydroxylation is 2. The van der Waals surface area contributed by atoms with Gasteiger partial charge in [-0.3, -0.25) is 4.68 Å². The van der Waals surface area contributed by atoms with Crippen LogP contribution in [0.5, 0.6) is 5.75 Å². The first-order valence-electron chi connectivity index (χ1n) is 8.78. The molecule has 0 amide bonds. The Morgan fingerprint density at radius 2 is 2.12 bits per heavy atom. The minimum atomic E-state index is -0.119. The minimum absolute atomic E-state index is 0.119. The fourth-order valence-electron chi connectivity index (χ4n) is 3.35. The molecule has 0 atom stereocenters. The van der Waals surface area contributed by atoms with Crippen molar-refractivity contribution in [2.45, 2.75) is 39.3 Å². The second-order valence-electron chi connectivity index (χ2n) is 7.40. The van der Waals surface area contributed by atoms with Crippen LogP contribution in [-0.2, 0) is 20.0 Å². The Kier molecular flexibility index (Phi) is 3.90. The standard InChI is InChI=1S/C20H23N5O/c1-13-11-21-19(24-18(13)16-7-8-23-25(16)4)22-12-14-5-6-17-15(9-14)10-20(2,3)26-17/h5-9,11H,10,12H2,1-4H3,(H,21,22,24). The molecule has 0 bridgehead atoms. The summed E-state index contributed by atoms with van der Waals surface area (Å²) < 4.78 is 7.76. The van der Waals surface area contributed by atoms with Crippen LogP contribution in [0.2, 0.25) is 0 Å². The van der Waals surface area contributed by atoms with Gasteiger partial charge in [-0.1, -0.05) is 12.1 Å². The maximum absolute atomic E-state index is 5.94. The molecule has 6 nitrogen and oxygen atoms in total. The summed E-state index contributed by atoms with van der Waals surface area (Å²) in [6.45, 7) is 6.91. The number of hydrogen-bond acceptors (Lipinski definition) is 5. The number of aromatic nitrogens is 4. The normalized spacial score (nSPS) is 14.8. The van der Waals surface area contributed by atoms with Gasteiger partial charge in [-0.2, -0.15) is 5.10 Å². The number of nitrogens with zero attached hydrogens (tertiary/aromatic N) is 4. The van der Waals surface area contributed by atoms with E-state index in [1.54, 1.807) is 6.20 Å². The van der Waals surface area contributed by atoms with E-state index in [0.29, 0.717) is 12.5 Å². The van der Waals surface area contributed by atoms with E-state index >= 15 is 0 Å². The Balaban J connectivity index is 1.52. The lowest BCUT2D eigenvalue weighted by atomic mass is 10.0. The van der Waals surface area contributed by atoms with Gasteiger partial charge in [0.1, 0.15) is 11.4 Å². The zero-order valence-electron chi connectivity index (χ0n) is 15.6. The lowest BCUT2D eigenvalue weighted by molar-refractivity contribution is 0.138. The van der Waals surface area contributed by atoms with E-state index in [2.05, 4.69) is 52.4 Å². The first-order valence-corrected chi connectivity index (χ1v) is 8.78. The number of fused-ring (bicyclic) bond motifs is 1. The van der Waals surface area contributed by atoms with Crippen molar-refractivity contribution in [2.24, 2.45) is 7.05 Å². The molecule has 2 aromatic heterocycles. The summed E-state index contributed by atoms with van der Waals surface area (Å²) in [5.74, 6) is 1.60. The van der Waals surface area contributed by atoms with Crippen LogP contribution in [0.4, 0.5) is 5.95 Å². The number of ether oxygens (including phenoxy) is 1. The SMILES string of the molecule is Cc1cnc(NCc2ccc3c(c2)CC(C)(C)O3)nc1-c1ccnn1C. The van der Waals surface area contributed by atoms with Gasteiger partial charge in [0.15, 0.2) is 0 Å². The molecule has 3 heterocycles. The van der Waals surface area contributed by atoms with Crippen molar-refractivity contribution in [1.29, 1.82) is 0 Å². The van der Waals surface area contributed by atoms with Crippen LogP contribution in [0.3, 0.4) is 0 Å². The second-order valence-corrected chi connectivity index (χ2v) is 7.40. The topological polar surface area (TPSA) is 64.9 Å². The van der Waals surface area contributed by atoms with Gasteiger partial charge in [-0.25, -0.2) is 9.97 Å². The number of benzene rings is 1. The molecular weight excluding hydrogens is 326 g/mol. The number of rotatable bonds is 4. The summed E-state index contributed by atoms with van der Waals surface area (Å²) in [6, 6.07) is 8.30. The van der Waals surface area contributed by atoms with Crippen LogP contribution >= 0.6 is 0 Å². The molecule has 6 heteroatoms. The summed E-state index contributed by atoms with van der Waals surface area (Å²) in [7, 11) is 1.91. The van der Waals surface area contributed by atoms with Gasteiger partial charge in [0.25, 0.3) is 0 Å². The van der Waals surface area contributed by atoms with Crippen LogP contribution in [0.15, 0.2) is 36.7 Å². The zero-order valence-corrected chi connectivity index (χ0v) is 15.6. The Morgan fingerprint density at radius 1 is 1.27 bits per heavy atom. The summed E-state index contributed by atoms with van der Waals surface area (Å²) in [4.78, 5) is 9.09. The highest BCUT2D eigenvalue weighted by atomic mass is 16.5. The molecular formula is C20H23N5O. The minimum Gasteiger partial charge on any atom is -0.487 e. The van der Waals surface area contributed by atoms with Crippen molar-refractivity contribution in [3.63, 3.8) is 0 Å². The first kappa shape index (κ1) is 16.6. The second kappa shape index (κ2) is 6.12. The third-order valence-electron chi connectivity index (χ3n) is 4.61. The average Bonchev–Trinajstić information content (AvgIpc) is 3.14. The number of hydrogen-bond donors (Lipinski definition) is 1. The van der Waals surface area contributed by atoms with Crippen molar-refractivity contribution in [2.75, 3.05) is 5.32 Å². The average molecular weight is 349 g/mol. The van der Waals surface area contributed by atoms with E-state index in [9.17, 15) is 0 Å². The summed E-state index contributed by atoms with van der Waals surface area (Å²) in [6.07, 6.45) is 4.55. The van der Waals surface area contributed by atoms with Crippen molar-refractivity contribution >= 4 is 5.95 Å². The van der Waals surface area contributed by atoms with Crippen LogP contribution in [-0.4, -0.2) is 25.3 Å². The predicted octanol–water partition coefficient (Wildman–Crippen LogP) is 3.51. The Morgan fingerprint density at radius 3 is 2.88 bits per heavy atom. The molecule has 134 valence electrons. The molecule has 0 radical (unpaired) electrons. The molecule has 1 aliphatic heterocycles. The number of anilines is 1. The highest BCUT2D eigenvalue weighted by Crippen LogP contribution is 2.35. The molecule has 0 fully saturated rings. The van der Waals surface area contributed by atoms with Crippen LogP contribution in [0, 0.1) is 6.92 Å². The quantitative estimate of drug-likeness (QED) is 0.781. The van der Waals surface area contributed by atoms with Crippen LogP contribution in [0.25, 0.3) is 11.4 Å². The monoisotopic (exact) mass is 349 g/mol. The molecule has 3 aromatic rings. The van der Waals surface area contributed by atoms with Gasteiger partial charge >= 0.3 is 0 Å². The summed E-state index contributed by atoms with van der Waals surface area (Å²) >= 11 is 0. The predicted molar refractivity (Wildman–Crippen MR) is 101 cm³/mol. The van der Waals surface area contributed by atoms with Gasteiger partial charge in [-0.05, 0) is 49.6 Å². The van der Waals surface area contributed by atoms with E-state index in [1.807, 2.05) is 30.9 Å². The van der Waals surface area contributed by atoms with Gasteiger partial charge in [0, 0.05) is 32.4 Å². The fraction of sp³-hybridized carbons (Fsp3) is 0.350. The molecule has 0 saturated heterocycles. The van der Waals surface area contributed by atoms with Crippen molar-refractivity contribution in [3.8, 4) is 17.1 Å². The van der Waals surface area contributed by atoms with Crippen LogP contribution < -0.4 is 10.1 Å². The van der Waals surface area contributed by atoms with Crippen molar-refractivity contribution < 1.29 is 4.74 Å². The van der Waals surface area contributed by atoms with Gasteiger partial charge in [0.05, 0.1) is 11.4 Å². The first-order chi connectivity index (χ1) is 12.4. The van der Waals surface area contributed by atoms with Crippen molar-refractivity contribution in [3.05, 3.63) is 53.3 Å². The molecule has 0 aliphatic carbocycles. The van der Waals surface area contributed by atoms with E-state index in [1.165, 1.54) is 11.1 Å². The molecule has 1 aliphatic rings. The number of nitrogens with one attached hydrogen (secondary N) is 1. The maximum atomic E-state index is 5.94. The Bertz CT molecular complexity index is 961. The lowest BCUT2D eigenvalue weighted by Gasteiger charge is -2.16. The van der Waals surface area contributed by atoms with Gasteiger partial charge in [0.2, 0.25) is 5.95 Å². The molecule has 0 spiro atoms. The Hall–Kier alpha value is -2.89. The largest absolute Gasteiger partial charge is 0.487 e. The summed E-state index contributed by atoms with van der Waals surface area (Å²) in [5, 5.41) is 7.56. The summed E-state index contributed by atoms with van der Waals surface area (Å²) in [5.41, 5.74) is 5.23. The highest BCUT2D eigenvalue weighted by molar-refractivity contribution is 5.59. The molecule has 4 rings (SSSR count). The van der Waals surface area contributed by atoms with E-state index in [0.717, 1.165) is 29.1 Å².